The highest BCUT2D eigenvalue weighted by molar-refractivity contribution is 9.10. The van der Waals surface area contributed by atoms with E-state index in [1.54, 1.807) is 17.7 Å². The molecule has 0 fully saturated rings. The lowest BCUT2D eigenvalue weighted by molar-refractivity contribution is 1.05. The third-order valence-corrected chi connectivity index (χ3v) is 6.40. The maximum Gasteiger partial charge on any atom is 0.124 e. The number of aryl methyl sites for hydroxylation is 1. The van der Waals surface area contributed by atoms with Crippen molar-refractivity contribution in [1.29, 1.82) is 0 Å². The molecule has 0 saturated heterocycles. The topological polar surface area (TPSA) is 35.6 Å². The van der Waals surface area contributed by atoms with Crippen molar-refractivity contribution in [2.24, 2.45) is 0 Å². The maximum atomic E-state index is 4.90. The van der Waals surface area contributed by atoms with E-state index in [0.29, 0.717) is 0 Å². The van der Waals surface area contributed by atoms with Crippen LogP contribution >= 0.6 is 27.3 Å². The molecule has 0 amide bonds. The minimum Gasteiger partial charge on any atom is -0.324 e. The van der Waals surface area contributed by atoms with E-state index < -0.39 is 0 Å². The summed E-state index contributed by atoms with van der Waals surface area (Å²) in [5, 5.41) is 3.27. The van der Waals surface area contributed by atoms with Crippen molar-refractivity contribution in [2.75, 3.05) is 0 Å². The number of imidazole rings is 1. The van der Waals surface area contributed by atoms with Crippen LogP contribution in [0.3, 0.4) is 0 Å². The van der Waals surface area contributed by atoms with Gasteiger partial charge in [-0.05, 0) is 70.4 Å². The van der Waals surface area contributed by atoms with Crippen molar-refractivity contribution in [3.63, 3.8) is 0 Å². The van der Waals surface area contributed by atoms with Crippen LogP contribution in [-0.4, -0.2) is 19.1 Å². The van der Waals surface area contributed by atoms with Gasteiger partial charge in [-0.2, -0.15) is 0 Å². The van der Waals surface area contributed by atoms with Gasteiger partial charge in [0.15, 0.2) is 0 Å². The Balaban J connectivity index is 1.37. The molecular formula is C24H19BrN4S. The summed E-state index contributed by atoms with van der Waals surface area (Å²) in [7, 11) is 0. The SMILES string of the molecule is Cc1ccc(-n2cccc2)cc1Cc1nc(-c2ccc(-n3cnc(Br)c3)cc2)cs1. The molecule has 3 aromatic heterocycles. The van der Waals surface area contributed by atoms with Gasteiger partial charge >= 0.3 is 0 Å². The summed E-state index contributed by atoms with van der Waals surface area (Å²) < 4.78 is 4.95. The largest absolute Gasteiger partial charge is 0.324 e. The number of hydrogen-bond acceptors (Lipinski definition) is 3. The Morgan fingerprint density at radius 3 is 2.47 bits per heavy atom. The lowest BCUT2D eigenvalue weighted by atomic mass is 10.0. The molecule has 0 N–H and O–H groups in total. The number of nitrogens with zero attached hydrogens (tertiary/aromatic N) is 4. The van der Waals surface area contributed by atoms with Crippen molar-refractivity contribution in [3.05, 3.63) is 106 Å². The lowest BCUT2D eigenvalue weighted by Crippen LogP contribution is -1.96. The fraction of sp³-hybridized carbons (Fsp3) is 0.0833. The van der Waals surface area contributed by atoms with E-state index in [2.05, 4.69) is 92.6 Å². The Hall–Kier alpha value is -2.96. The number of thiazole rings is 1. The highest BCUT2D eigenvalue weighted by Crippen LogP contribution is 2.26. The Morgan fingerprint density at radius 1 is 0.967 bits per heavy atom. The van der Waals surface area contributed by atoms with E-state index in [1.807, 2.05) is 22.9 Å². The van der Waals surface area contributed by atoms with Gasteiger partial charge in [-0.1, -0.05) is 18.2 Å². The van der Waals surface area contributed by atoms with Crippen LogP contribution in [0.2, 0.25) is 0 Å². The average Bonchev–Trinajstić information content (AvgIpc) is 3.52. The number of rotatable bonds is 5. The first-order valence-electron chi connectivity index (χ1n) is 9.63. The molecule has 0 unspecified atom stereocenters. The lowest BCUT2D eigenvalue weighted by Gasteiger charge is -2.09. The van der Waals surface area contributed by atoms with Crippen LogP contribution in [0.5, 0.6) is 0 Å². The minimum absolute atomic E-state index is 0.826. The predicted octanol–water partition coefficient (Wildman–Crippen LogP) is 6.45. The number of benzene rings is 2. The summed E-state index contributed by atoms with van der Waals surface area (Å²) in [5.41, 5.74) is 7.00. The van der Waals surface area contributed by atoms with Gasteiger partial charge < -0.3 is 9.13 Å². The fourth-order valence-corrected chi connectivity index (χ4v) is 4.59. The molecule has 0 bridgehead atoms. The van der Waals surface area contributed by atoms with Gasteiger partial charge in [0.1, 0.15) is 10.9 Å². The summed E-state index contributed by atoms with van der Waals surface area (Å²) in [6, 6.07) is 19.1. The van der Waals surface area contributed by atoms with E-state index in [-0.39, 0.29) is 0 Å². The molecular weight excluding hydrogens is 456 g/mol. The number of aromatic nitrogens is 4. The van der Waals surface area contributed by atoms with Gasteiger partial charge in [0, 0.05) is 47.3 Å². The van der Waals surface area contributed by atoms with Gasteiger partial charge in [-0.15, -0.1) is 11.3 Å². The Kier molecular flexibility index (Phi) is 5.11. The molecule has 0 aliphatic rings. The predicted molar refractivity (Wildman–Crippen MR) is 126 cm³/mol. The fourth-order valence-electron chi connectivity index (χ4n) is 3.45. The van der Waals surface area contributed by atoms with Crippen molar-refractivity contribution >= 4 is 27.3 Å². The van der Waals surface area contributed by atoms with Gasteiger partial charge in [0.25, 0.3) is 0 Å². The molecule has 6 heteroatoms. The third-order valence-electron chi connectivity index (χ3n) is 5.14. The van der Waals surface area contributed by atoms with Crippen molar-refractivity contribution in [1.82, 2.24) is 19.1 Å². The minimum atomic E-state index is 0.826. The zero-order chi connectivity index (χ0) is 20.5. The summed E-state index contributed by atoms with van der Waals surface area (Å²) in [5.74, 6) is 0. The summed E-state index contributed by atoms with van der Waals surface area (Å²) in [6.07, 6.45) is 8.72. The van der Waals surface area contributed by atoms with Gasteiger partial charge in [0.2, 0.25) is 0 Å². The molecule has 0 aliphatic carbocycles. The van der Waals surface area contributed by atoms with Gasteiger partial charge in [-0.3, -0.25) is 0 Å². The zero-order valence-electron chi connectivity index (χ0n) is 16.4. The van der Waals surface area contributed by atoms with E-state index in [9.17, 15) is 0 Å². The molecule has 0 saturated carbocycles. The van der Waals surface area contributed by atoms with Crippen molar-refractivity contribution < 1.29 is 0 Å². The molecule has 0 aliphatic heterocycles. The molecule has 3 heterocycles. The third kappa shape index (κ3) is 3.88. The first-order valence-corrected chi connectivity index (χ1v) is 11.3. The molecule has 30 heavy (non-hydrogen) atoms. The number of hydrogen-bond donors (Lipinski definition) is 0. The molecule has 2 aromatic carbocycles. The van der Waals surface area contributed by atoms with Crippen LogP contribution in [0.4, 0.5) is 0 Å². The highest BCUT2D eigenvalue weighted by atomic mass is 79.9. The molecule has 148 valence electrons. The van der Waals surface area contributed by atoms with Crippen LogP contribution in [0.1, 0.15) is 16.1 Å². The Labute approximate surface area is 187 Å². The van der Waals surface area contributed by atoms with Gasteiger partial charge in [0.05, 0.1) is 10.7 Å². The molecule has 5 aromatic rings. The van der Waals surface area contributed by atoms with E-state index in [4.69, 9.17) is 4.98 Å². The van der Waals surface area contributed by atoms with Crippen molar-refractivity contribution in [3.8, 4) is 22.6 Å². The van der Waals surface area contributed by atoms with Crippen molar-refractivity contribution in [2.45, 2.75) is 13.3 Å². The van der Waals surface area contributed by atoms with Crippen LogP contribution in [-0.2, 0) is 6.42 Å². The second-order valence-electron chi connectivity index (χ2n) is 7.15. The van der Waals surface area contributed by atoms with Gasteiger partial charge in [-0.25, -0.2) is 9.97 Å². The summed E-state index contributed by atoms with van der Waals surface area (Å²) >= 11 is 5.11. The van der Waals surface area contributed by atoms with Crippen LogP contribution in [0, 0.1) is 6.92 Å². The zero-order valence-corrected chi connectivity index (χ0v) is 18.8. The first-order chi connectivity index (χ1) is 14.7. The van der Waals surface area contributed by atoms with Crippen LogP contribution < -0.4 is 0 Å². The number of halogens is 1. The van der Waals surface area contributed by atoms with E-state index >= 15 is 0 Å². The monoisotopic (exact) mass is 474 g/mol. The molecule has 0 radical (unpaired) electrons. The second-order valence-corrected chi connectivity index (χ2v) is 8.91. The first kappa shape index (κ1) is 19.0. The quantitative estimate of drug-likeness (QED) is 0.293. The highest BCUT2D eigenvalue weighted by Gasteiger charge is 2.09. The summed E-state index contributed by atoms with van der Waals surface area (Å²) in [4.78, 5) is 9.11. The van der Waals surface area contributed by atoms with Crippen LogP contribution in [0.25, 0.3) is 22.6 Å². The second kappa shape index (κ2) is 8.05. The Bertz CT molecular complexity index is 1280. The molecule has 4 nitrogen and oxygen atoms in total. The molecule has 5 rings (SSSR count). The molecule has 0 spiro atoms. The maximum absolute atomic E-state index is 4.90. The summed E-state index contributed by atoms with van der Waals surface area (Å²) in [6.45, 7) is 2.16. The van der Waals surface area contributed by atoms with Crippen LogP contribution in [0.15, 0.2) is 89.5 Å². The van der Waals surface area contributed by atoms with E-state index in [1.165, 1.54) is 16.8 Å². The van der Waals surface area contributed by atoms with E-state index in [0.717, 1.165) is 33.0 Å². The smallest absolute Gasteiger partial charge is 0.124 e. The molecule has 0 atom stereocenters. The Morgan fingerprint density at radius 2 is 1.73 bits per heavy atom. The standard InChI is InChI=1S/C24H19BrN4S/c1-17-4-7-21(28-10-2-3-11-28)12-19(17)13-24-27-22(15-30-24)18-5-8-20(9-6-18)29-14-23(25)26-16-29/h2-12,14-16H,13H2,1H3. The average molecular weight is 475 g/mol. The normalized spacial score (nSPS) is 11.1.